The van der Waals surface area contributed by atoms with Crippen LogP contribution >= 0.6 is 0 Å². The zero-order valence-corrected chi connectivity index (χ0v) is 12.4. The lowest BCUT2D eigenvalue weighted by atomic mass is 10.2. The summed E-state index contributed by atoms with van der Waals surface area (Å²) in [6, 6.07) is 11.7. The number of piperazine rings is 1. The van der Waals surface area contributed by atoms with E-state index in [1.54, 1.807) is 12.4 Å². The van der Waals surface area contributed by atoms with E-state index in [2.05, 4.69) is 15.3 Å². The Morgan fingerprint density at radius 3 is 2.70 bits per heavy atom. The van der Waals surface area contributed by atoms with Crippen LogP contribution in [0.25, 0.3) is 22.3 Å². The molecule has 2 aromatic heterocycles. The summed E-state index contributed by atoms with van der Waals surface area (Å²) >= 11 is 0. The molecule has 0 aliphatic carbocycles. The summed E-state index contributed by atoms with van der Waals surface area (Å²) in [5.74, 6) is 1.47. The van der Waals surface area contributed by atoms with Crippen LogP contribution in [0.2, 0.25) is 0 Å². The summed E-state index contributed by atoms with van der Waals surface area (Å²) in [6.07, 6.45) is 3.45. The van der Waals surface area contributed by atoms with Gasteiger partial charge in [0.05, 0.1) is 12.1 Å². The van der Waals surface area contributed by atoms with E-state index < -0.39 is 0 Å². The highest BCUT2D eigenvalue weighted by Gasteiger charge is 2.21. The van der Waals surface area contributed by atoms with Gasteiger partial charge in [0, 0.05) is 36.4 Å². The van der Waals surface area contributed by atoms with E-state index in [4.69, 9.17) is 4.98 Å². The lowest BCUT2D eigenvalue weighted by molar-refractivity contribution is -0.120. The van der Waals surface area contributed by atoms with Crippen molar-refractivity contribution in [3.05, 3.63) is 48.8 Å². The van der Waals surface area contributed by atoms with Crippen molar-refractivity contribution in [1.82, 2.24) is 20.3 Å². The number of hydrogen-bond acceptors (Lipinski definition) is 5. The summed E-state index contributed by atoms with van der Waals surface area (Å²) in [4.78, 5) is 27.2. The molecule has 1 fully saturated rings. The van der Waals surface area contributed by atoms with E-state index in [0.29, 0.717) is 18.9 Å². The molecule has 6 nitrogen and oxygen atoms in total. The molecule has 3 heterocycles. The van der Waals surface area contributed by atoms with Gasteiger partial charge >= 0.3 is 0 Å². The van der Waals surface area contributed by atoms with Crippen LogP contribution in [0, 0.1) is 0 Å². The van der Waals surface area contributed by atoms with E-state index in [1.165, 1.54) is 0 Å². The Kier molecular flexibility index (Phi) is 3.34. The number of aromatic nitrogens is 3. The fourth-order valence-electron chi connectivity index (χ4n) is 2.75. The van der Waals surface area contributed by atoms with Crippen LogP contribution in [0.5, 0.6) is 0 Å². The van der Waals surface area contributed by atoms with E-state index in [-0.39, 0.29) is 5.91 Å². The fourth-order valence-corrected chi connectivity index (χ4v) is 2.75. The molecule has 0 bridgehead atoms. The van der Waals surface area contributed by atoms with Crippen LogP contribution in [0.4, 0.5) is 5.82 Å². The molecule has 3 aromatic rings. The first-order valence-corrected chi connectivity index (χ1v) is 7.50. The maximum absolute atomic E-state index is 11.7. The highest BCUT2D eigenvalue weighted by atomic mass is 16.2. The van der Waals surface area contributed by atoms with Gasteiger partial charge in [-0.05, 0) is 24.3 Å². The largest absolute Gasteiger partial charge is 0.353 e. The maximum atomic E-state index is 11.7. The third kappa shape index (κ3) is 2.59. The third-order valence-electron chi connectivity index (χ3n) is 3.86. The molecule has 0 radical (unpaired) electrons. The molecule has 0 spiro atoms. The number of fused-ring (bicyclic) bond motifs is 1. The summed E-state index contributed by atoms with van der Waals surface area (Å²) in [6.45, 7) is 1.68. The Morgan fingerprint density at radius 1 is 1.04 bits per heavy atom. The SMILES string of the molecule is O=C1CN(c2nc(-c3ccncc3)nc3ccccc23)CCN1. The van der Waals surface area contributed by atoms with E-state index in [9.17, 15) is 4.79 Å². The molecule has 1 N–H and O–H groups in total. The van der Waals surface area contributed by atoms with Gasteiger partial charge in [-0.3, -0.25) is 9.78 Å². The Morgan fingerprint density at radius 2 is 1.87 bits per heavy atom. The zero-order valence-electron chi connectivity index (χ0n) is 12.4. The van der Waals surface area contributed by atoms with E-state index in [0.717, 1.165) is 28.8 Å². The molecule has 1 aromatic carbocycles. The van der Waals surface area contributed by atoms with Gasteiger partial charge in [0.25, 0.3) is 0 Å². The minimum absolute atomic E-state index is 0.0180. The molecule has 4 rings (SSSR count). The number of anilines is 1. The first-order chi connectivity index (χ1) is 11.3. The van der Waals surface area contributed by atoms with E-state index in [1.807, 2.05) is 41.3 Å². The Balaban J connectivity index is 1.89. The number of pyridine rings is 1. The molecule has 23 heavy (non-hydrogen) atoms. The van der Waals surface area contributed by atoms with Crippen LogP contribution in [0.15, 0.2) is 48.8 Å². The molecule has 6 heteroatoms. The average Bonchev–Trinajstić information content (AvgIpc) is 2.61. The van der Waals surface area contributed by atoms with Crippen LogP contribution in [-0.2, 0) is 4.79 Å². The second kappa shape index (κ2) is 5.64. The van der Waals surface area contributed by atoms with Gasteiger partial charge in [0.1, 0.15) is 5.82 Å². The first kappa shape index (κ1) is 13.6. The zero-order chi connectivity index (χ0) is 15.6. The normalized spacial score (nSPS) is 14.8. The van der Waals surface area contributed by atoms with Crippen molar-refractivity contribution in [2.24, 2.45) is 0 Å². The summed E-state index contributed by atoms with van der Waals surface area (Å²) in [5.41, 5.74) is 1.78. The van der Waals surface area contributed by atoms with Gasteiger partial charge in [-0.2, -0.15) is 0 Å². The molecule has 0 saturated carbocycles. The van der Waals surface area contributed by atoms with Gasteiger partial charge in [0.15, 0.2) is 5.82 Å². The Bertz CT molecular complexity index is 865. The van der Waals surface area contributed by atoms with Crippen molar-refractivity contribution >= 4 is 22.6 Å². The van der Waals surface area contributed by atoms with Crippen LogP contribution in [0.1, 0.15) is 0 Å². The highest BCUT2D eigenvalue weighted by Crippen LogP contribution is 2.27. The number of amides is 1. The predicted molar refractivity (Wildman–Crippen MR) is 88.0 cm³/mol. The minimum atomic E-state index is 0.0180. The lowest BCUT2D eigenvalue weighted by Gasteiger charge is -2.28. The fraction of sp³-hybridized carbons (Fsp3) is 0.176. The molecule has 1 amide bonds. The van der Waals surface area contributed by atoms with Crippen molar-refractivity contribution in [3.8, 4) is 11.4 Å². The van der Waals surface area contributed by atoms with Crippen molar-refractivity contribution < 1.29 is 4.79 Å². The maximum Gasteiger partial charge on any atom is 0.239 e. The van der Waals surface area contributed by atoms with Crippen LogP contribution < -0.4 is 10.2 Å². The topological polar surface area (TPSA) is 71.0 Å². The van der Waals surface area contributed by atoms with Crippen LogP contribution in [-0.4, -0.2) is 40.5 Å². The number of rotatable bonds is 2. The highest BCUT2D eigenvalue weighted by molar-refractivity contribution is 5.93. The van der Waals surface area contributed by atoms with Gasteiger partial charge in [-0.25, -0.2) is 9.97 Å². The number of hydrogen-bond donors (Lipinski definition) is 1. The number of carbonyl (C=O) groups excluding carboxylic acids is 1. The van der Waals surface area contributed by atoms with Gasteiger partial charge in [-0.1, -0.05) is 12.1 Å². The van der Waals surface area contributed by atoms with Crippen molar-refractivity contribution in [1.29, 1.82) is 0 Å². The number of para-hydroxylation sites is 1. The molecular formula is C17H15N5O. The monoisotopic (exact) mass is 305 g/mol. The van der Waals surface area contributed by atoms with E-state index >= 15 is 0 Å². The third-order valence-corrected chi connectivity index (χ3v) is 3.86. The van der Waals surface area contributed by atoms with Gasteiger partial charge < -0.3 is 10.2 Å². The molecule has 0 atom stereocenters. The molecule has 114 valence electrons. The predicted octanol–water partition coefficient (Wildman–Crippen LogP) is 1.63. The Labute approximate surface area is 133 Å². The van der Waals surface area contributed by atoms with Gasteiger partial charge in [0.2, 0.25) is 5.91 Å². The number of nitrogens with zero attached hydrogens (tertiary/aromatic N) is 4. The number of nitrogens with one attached hydrogen (secondary N) is 1. The Hall–Kier alpha value is -3.02. The summed E-state index contributed by atoms with van der Waals surface area (Å²) < 4.78 is 0. The second-order valence-electron chi connectivity index (χ2n) is 5.40. The van der Waals surface area contributed by atoms with Crippen LogP contribution in [0.3, 0.4) is 0 Å². The van der Waals surface area contributed by atoms with Crippen molar-refractivity contribution in [3.63, 3.8) is 0 Å². The van der Waals surface area contributed by atoms with Crippen molar-refractivity contribution in [2.75, 3.05) is 24.5 Å². The second-order valence-corrected chi connectivity index (χ2v) is 5.40. The van der Waals surface area contributed by atoms with Gasteiger partial charge in [-0.15, -0.1) is 0 Å². The molecular weight excluding hydrogens is 290 g/mol. The van der Waals surface area contributed by atoms with Crippen molar-refractivity contribution in [2.45, 2.75) is 0 Å². The minimum Gasteiger partial charge on any atom is -0.353 e. The first-order valence-electron chi connectivity index (χ1n) is 7.50. The summed E-state index contributed by atoms with van der Waals surface area (Å²) in [7, 11) is 0. The molecule has 1 aliphatic heterocycles. The smallest absolute Gasteiger partial charge is 0.239 e. The number of carbonyl (C=O) groups is 1. The lowest BCUT2D eigenvalue weighted by Crippen LogP contribution is -2.48. The summed E-state index contributed by atoms with van der Waals surface area (Å²) in [5, 5.41) is 3.80. The molecule has 1 aliphatic rings. The number of benzene rings is 1. The molecule has 1 saturated heterocycles. The average molecular weight is 305 g/mol. The quantitative estimate of drug-likeness (QED) is 0.779. The molecule has 0 unspecified atom stereocenters. The standard InChI is InChI=1S/C17H15N5O/c23-15-11-22(10-9-19-15)17-13-3-1-2-4-14(13)20-16(21-17)12-5-7-18-8-6-12/h1-8H,9-11H2,(H,19,23).